The van der Waals surface area contributed by atoms with Gasteiger partial charge in [-0.25, -0.2) is 0 Å². The van der Waals surface area contributed by atoms with Gasteiger partial charge in [0.1, 0.15) is 5.54 Å². The number of nitrogens with zero attached hydrogens (tertiary/aromatic N) is 4. The summed E-state index contributed by atoms with van der Waals surface area (Å²) in [5, 5.41) is 9.61. The summed E-state index contributed by atoms with van der Waals surface area (Å²) in [6.07, 6.45) is 2.05. The summed E-state index contributed by atoms with van der Waals surface area (Å²) in [5.74, 6) is -2.25. The molecule has 0 unspecified atom stereocenters. The molecule has 39 heavy (non-hydrogen) atoms. The third-order valence-electron chi connectivity index (χ3n) is 8.34. The van der Waals surface area contributed by atoms with Gasteiger partial charge in [-0.15, -0.1) is 0 Å². The molecule has 3 saturated heterocycles. The van der Waals surface area contributed by atoms with Gasteiger partial charge in [0.2, 0.25) is 11.8 Å². The van der Waals surface area contributed by atoms with Crippen LogP contribution in [-0.2, 0) is 19.8 Å². The highest BCUT2D eigenvalue weighted by Crippen LogP contribution is 2.46. The minimum atomic E-state index is -3.77. The summed E-state index contributed by atoms with van der Waals surface area (Å²) >= 11 is 6.17. The number of hydrogen-bond donors (Lipinski definition) is 1. The molecule has 3 aliphatic heterocycles. The van der Waals surface area contributed by atoms with Crippen molar-refractivity contribution in [2.24, 2.45) is 17.6 Å². The third kappa shape index (κ3) is 4.93. The number of rotatable bonds is 7. The highest BCUT2D eigenvalue weighted by atomic mass is 35.5. The average molecular weight is 570 g/mol. The Hall–Kier alpha value is -2.97. The standard InChI is InChI=1S/C28H32ClN5O4S/c29-24-11-9-22(10-12-24)25(21-6-2-1-3-7-21)28(27(31)36)13-5-15-34(28)26(35)23-8-4-14-32(19-23)39(37,38)33-17-20(16-30)18-33/h1-3,6-7,9-12,20,23,25H,4-5,8,13-15,17-19H2,(H2,31,36)/t23-,25+,28-/m0/s1. The van der Waals surface area contributed by atoms with Gasteiger partial charge >= 0.3 is 0 Å². The Morgan fingerprint density at radius 2 is 1.64 bits per heavy atom. The Labute approximate surface area is 234 Å². The Morgan fingerprint density at radius 3 is 2.28 bits per heavy atom. The number of likely N-dealkylation sites (tertiary alicyclic amines) is 1. The lowest BCUT2D eigenvalue weighted by molar-refractivity contribution is -0.148. The number of piperidine rings is 1. The first-order valence-corrected chi connectivity index (χ1v) is 15.0. The zero-order valence-corrected chi connectivity index (χ0v) is 23.2. The van der Waals surface area contributed by atoms with E-state index >= 15 is 0 Å². The number of primary amides is 1. The number of amides is 2. The van der Waals surface area contributed by atoms with Gasteiger partial charge < -0.3 is 10.6 Å². The molecule has 9 nitrogen and oxygen atoms in total. The molecule has 0 radical (unpaired) electrons. The minimum absolute atomic E-state index is 0.0389. The minimum Gasteiger partial charge on any atom is -0.368 e. The lowest BCUT2D eigenvalue weighted by Crippen LogP contribution is -2.62. The van der Waals surface area contributed by atoms with Crippen molar-refractivity contribution in [1.82, 2.24) is 13.5 Å². The van der Waals surface area contributed by atoms with E-state index in [1.54, 1.807) is 17.0 Å². The molecule has 206 valence electrons. The van der Waals surface area contributed by atoms with Crippen molar-refractivity contribution >= 4 is 33.6 Å². The fourth-order valence-corrected chi connectivity index (χ4v) is 8.25. The third-order valence-corrected chi connectivity index (χ3v) is 10.5. The molecule has 3 atom stereocenters. The van der Waals surface area contributed by atoms with E-state index < -0.39 is 33.5 Å². The lowest BCUT2D eigenvalue weighted by atomic mass is 9.72. The summed E-state index contributed by atoms with van der Waals surface area (Å²) in [6, 6.07) is 18.9. The monoisotopic (exact) mass is 569 g/mol. The van der Waals surface area contributed by atoms with Crippen LogP contribution >= 0.6 is 11.6 Å². The number of carbonyl (C=O) groups is 2. The van der Waals surface area contributed by atoms with Gasteiger partial charge in [-0.2, -0.15) is 22.3 Å². The quantitative estimate of drug-likeness (QED) is 0.548. The summed E-state index contributed by atoms with van der Waals surface area (Å²) in [4.78, 5) is 29.3. The van der Waals surface area contributed by atoms with Gasteiger partial charge in [-0.3, -0.25) is 9.59 Å². The van der Waals surface area contributed by atoms with Crippen molar-refractivity contribution in [2.45, 2.75) is 37.1 Å². The van der Waals surface area contributed by atoms with E-state index in [9.17, 15) is 18.0 Å². The number of hydrogen-bond acceptors (Lipinski definition) is 5. The van der Waals surface area contributed by atoms with Crippen LogP contribution in [0.4, 0.5) is 0 Å². The van der Waals surface area contributed by atoms with E-state index in [1.165, 1.54) is 8.61 Å². The molecule has 2 aromatic carbocycles. The molecule has 3 fully saturated rings. The van der Waals surface area contributed by atoms with Gasteiger partial charge in [0.15, 0.2) is 0 Å². The second-order valence-corrected chi connectivity index (χ2v) is 13.0. The Kier molecular flexibility index (Phi) is 7.71. The van der Waals surface area contributed by atoms with E-state index in [0.29, 0.717) is 43.8 Å². The van der Waals surface area contributed by atoms with Crippen LogP contribution in [0.3, 0.4) is 0 Å². The van der Waals surface area contributed by atoms with Crippen LogP contribution in [0.1, 0.15) is 42.7 Å². The van der Waals surface area contributed by atoms with Crippen molar-refractivity contribution in [3.05, 3.63) is 70.7 Å². The lowest BCUT2D eigenvalue weighted by Gasteiger charge is -2.45. The molecule has 0 aliphatic carbocycles. The van der Waals surface area contributed by atoms with Crippen LogP contribution in [0.5, 0.6) is 0 Å². The van der Waals surface area contributed by atoms with Gasteiger partial charge in [-0.05, 0) is 48.9 Å². The molecule has 5 rings (SSSR count). The van der Waals surface area contributed by atoms with Gasteiger partial charge in [0.05, 0.1) is 17.9 Å². The molecule has 2 amide bonds. The Balaban J connectivity index is 1.47. The van der Waals surface area contributed by atoms with Crippen LogP contribution in [0.25, 0.3) is 0 Å². The number of benzene rings is 2. The molecule has 2 aromatic rings. The van der Waals surface area contributed by atoms with Gasteiger partial charge in [0, 0.05) is 43.7 Å². The first kappa shape index (κ1) is 27.6. The first-order chi connectivity index (χ1) is 18.7. The Bertz CT molecular complexity index is 1370. The first-order valence-electron chi connectivity index (χ1n) is 13.2. The molecule has 2 N–H and O–H groups in total. The Morgan fingerprint density at radius 1 is 0.974 bits per heavy atom. The molecule has 0 bridgehead atoms. The molecule has 0 saturated carbocycles. The maximum atomic E-state index is 14.2. The van der Waals surface area contributed by atoms with Crippen LogP contribution < -0.4 is 5.73 Å². The van der Waals surface area contributed by atoms with Crippen LogP contribution in [0, 0.1) is 23.2 Å². The van der Waals surface area contributed by atoms with Crippen molar-refractivity contribution < 1.29 is 18.0 Å². The zero-order chi connectivity index (χ0) is 27.8. The van der Waals surface area contributed by atoms with E-state index in [0.717, 1.165) is 11.1 Å². The van der Waals surface area contributed by atoms with E-state index in [-0.39, 0.29) is 31.5 Å². The SMILES string of the molecule is N#CC1CN(S(=O)(=O)N2CCC[C@H](C(=O)N3CCC[C@@]3(C(N)=O)[C@H](c3ccccc3)c3ccc(Cl)cc3)C2)C1. The summed E-state index contributed by atoms with van der Waals surface area (Å²) in [6.45, 7) is 1.06. The molecule has 0 aromatic heterocycles. The topological polar surface area (TPSA) is 128 Å². The van der Waals surface area contributed by atoms with Crippen molar-refractivity contribution in [1.29, 1.82) is 5.26 Å². The fourth-order valence-electron chi connectivity index (χ4n) is 6.34. The molecular weight excluding hydrogens is 538 g/mol. The van der Waals surface area contributed by atoms with Crippen molar-refractivity contribution in [2.75, 3.05) is 32.7 Å². The summed E-state index contributed by atoms with van der Waals surface area (Å²) < 4.78 is 29.0. The number of halogens is 1. The van der Waals surface area contributed by atoms with Crippen LogP contribution in [0.15, 0.2) is 54.6 Å². The molecular formula is C28H32ClN5O4S. The molecule has 3 heterocycles. The highest BCUT2D eigenvalue weighted by Gasteiger charge is 2.56. The maximum absolute atomic E-state index is 14.2. The molecule has 11 heteroatoms. The average Bonchev–Trinajstić information content (AvgIpc) is 3.35. The van der Waals surface area contributed by atoms with E-state index in [1.807, 2.05) is 42.5 Å². The second kappa shape index (κ2) is 10.9. The maximum Gasteiger partial charge on any atom is 0.282 e. The number of nitriles is 1. The van der Waals surface area contributed by atoms with Gasteiger partial charge in [0.25, 0.3) is 10.2 Å². The summed E-state index contributed by atoms with van der Waals surface area (Å²) in [7, 11) is -3.77. The van der Waals surface area contributed by atoms with Crippen molar-refractivity contribution in [3.8, 4) is 6.07 Å². The van der Waals surface area contributed by atoms with E-state index in [2.05, 4.69) is 6.07 Å². The smallest absolute Gasteiger partial charge is 0.282 e. The molecule has 0 spiro atoms. The largest absolute Gasteiger partial charge is 0.368 e. The van der Waals surface area contributed by atoms with Crippen LogP contribution in [0.2, 0.25) is 5.02 Å². The zero-order valence-electron chi connectivity index (χ0n) is 21.6. The predicted octanol–water partition coefficient (Wildman–Crippen LogP) is 2.73. The number of nitrogens with two attached hydrogens (primary N) is 1. The summed E-state index contributed by atoms with van der Waals surface area (Å²) in [5.41, 5.74) is 6.55. The van der Waals surface area contributed by atoms with Crippen LogP contribution in [-0.4, -0.2) is 72.0 Å². The second-order valence-electron chi connectivity index (χ2n) is 10.6. The predicted molar refractivity (Wildman–Crippen MR) is 147 cm³/mol. The van der Waals surface area contributed by atoms with E-state index in [4.69, 9.17) is 22.6 Å². The number of carbonyl (C=O) groups excluding carboxylic acids is 2. The normalized spacial score (nSPS) is 25.5. The fraction of sp³-hybridized carbons (Fsp3) is 0.464. The molecule has 3 aliphatic rings. The highest BCUT2D eigenvalue weighted by molar-refractivity contribution is 7.86. The van der Waals surface area contributed by atoms with Gasteiger partial charge in [-0.1, -0.05) is 54.1 Å². The van der Waals surface area contributed by atoms with Crippen molar-refractivity contribution in [3.63, 3.8) is 0 Å².